The predicted molar refractivity (Wildman–Crippen MR) is 84.3 cm³/mol. The zero-order valence-corrected chi connectivity index (χ0v) is 12.5. The van der Waals surface area contributed by atoms with Crippen molar-refractivity contribution < 1.29 is 0 Å². The fraction of sp³-hybridized carbons (Fsp3) is 0.333. The van der Waals surface area contributed by atoms with Crippen molar-refractivity contribution >= 4 is 23.4 Å². The van der Waals surface area contributed by atoms with Crippen LogP contribution in [-0.2, 0) is 6.54 Å². The van der Waals surface area contributed by atoms with Crippen LogP contribution in [0.3, 0.4) is 0 Å². The van der Waals surface area contributed by atoms with E-state index in [0.29, 0.717) is 23.3 Å². The van der Waals surface area contributed by atoms with Crippen LogP contribution in [0.1, 0.15) is 24.5 Å². The minimum absolute atomic E-state index is 0.528. The van der Waals surface area contributed by atoms with Crippen molar-refractivity contribution in [3.8, 4) is 0 Å². The molecule has 2 rings (SSSR count). The summed E-state index contributed by atoms with van der Waals surface area (Å²) in [7, 11) is 0. The molecule has 0 amide bonds. The number of hydrogen-bond acceptors (Lipinski definition) is 4. The molecule has 1 heterocycles. The highest BCUT2D eigenvalue weighted by molar-refractivity contribution is 6.32. The first-order valence-electron chi connectivity index (χ1n) is 6.75. The summed E-state index contributed by atoms with van der Waals surface area (Å²) < 4.78 is 0. The van der Waals surface area contributed by atoms with E-state index in [0.717, 1.165) is 13.0 Å². The molecule has 2 N–H and O–H groups in total. The van der Waals surface area contributed by atoms with Crippen molar-refractivity contribution in [1.82, 2.24) is 9.97 Å². The van der Waals surface area contributed by atoms with E-state index in [4.69, 9.17) is 11.6 Å². The van der Waals surface area contributed by atoms with Crippen molar-refractivity contribution in [2.24, 2.45) is 0 Å². The van der Waals surface area contributed by atoms with Crippen LogP contribution in [0.15, 0.2) is 30.5 Å². The quantitative estimate of drug-likeness (QED) is 0.848. The summed E-state index contributed by atoms with van der Waals surface area (Å²) in [5, 5.41) is 6.94. The predicted octanol–water partition coefficient (Wildman–Crippen LogP) is 3.87. The summed E-state index contributed by atoms with van der Waals surface area (Å²) in [6.07, 6.45) is 2.64. The van der Waals surface area contributed by atoms with Gasteiger partial charge >= 0.3 is 0 Å². The Morgan fingerprint density at radius 1 is 1.20 bits per heavy atom. The average Bonchev–Trinajstić information content (AvgIpc) is 2.46. The van der Waals surface area contributed by atoms with E-state index < -0.39 is 0 Å². The fourth-order valence-corrected chi connectivity index (χ4v) is 1.96. The molecule has 2 aromatic rings. The third kappa shape index (κ3) is 3.84. The number of nitrogens with one attached hydrogen (secondary N) is 2. The Kier molecular flexibility index (Phi) is 5.18. The van der Waals surface area contributed by atoms with Gasteiger partial charge in [-0.3, -0.25) is 0 Å². The third-order valence-corrected chi connectivity index (χ3v) is 3.26. The maximum absolute atomic E-state index is 6.12. The van der Waals surface area contributed by atoms with Crippen molar-refractivity contribution in [1.29, 1.82) is 0 Å². The molecule has 0 saturated carbocycles. The van der Waals surface area contributed by atoms with E-state index in [1.807, 2.05) is 12.1 Å². The van der Waals surface area contributed by atoms with Crippen molar-refractivity contribution in [2.75, 3.05) is 17.2 Å². The number of hydrogen-bond donors (Lipinski definition) is 2. The van der Waals surface area contributed by atoms with Crippen molar-refractivity contribution in [3.05, 3.63) is 46.6 Å². The van der Waals surface area contributed by atoms with Gasteiger partial charge in [0.15, 0.2) is 5.82 Å². The lowest BCUT2D eigenvalue weighted by Crippen LogP contribution is -2.08. The molecule has 0 aliphatic rings. The van der Waals surface area contributed by atoms with E-state index >= 15 is 0 Å². The van der Waals surface area contributed by atoms with Gasteiger partial charge in [-0.1, -0.05) is 42.8 Å². The lowest BCUT2D eigenvalue weighted by molar-refractivity contribution is 0.950. The lowest BCUT2D eigenvalue weighted by atomic mass is 10.1. The molecular weight excluding hydrogens is 272 g/mol. The van der Waals surface area contributed by atoms with E-state index in [-0.39, 0.29) is 0 Å². The van der Waals surface area contributed by atoms with Gasteiger partial charge in [-0.15, -0.1) is 0 Å². The van der Waals surface area contributed by atoms with Gasteiger partial charge in [-0.05, 0) is 24.5 Å². The van der Waals surface area contributed by atoms with Crippen LogP contribution in [0.5, 0.6) is 0 Å². The summed E-state index contributed by atoms with van der Waals surface area (Å²) in [5.74, 6) is 1.26. The van der Waals surface area contributed by atoms with Gasteiger partial charge in [0.1, 0.15) is 5.02 Å². The molecule has 0 saturated heterocycles. The fourth-order valence-electron chi connectivity index (χ4n) is 1.80. The number of nitrogens with zero attached hydrogens (tertiary/aromatic N) is 2. The maximum Gasteiger partial charge on any atom is 0.224 e. The lowest BCUT2D eigenvalue weighted by Gasteiger charge is -2.11. The first-order valence-corrected chi connectivity index (χ1v) is 7.13. The summed E-state index contributed by atoms with van der Waals surface area (Å²) in [5.41, 5.74) is 2.47. The zero-order chi connectivity index (χ0) is 14.4. The number of rotatable bonds is 6. The van der Waals surface area contributed by atoms with Gasteiger partial charge in [0, 0.05) is 13.1 Å². The summed E-state index contributed by atoms with van der Waals surface area (Å²) in [6, 6.07) is 8.24. The normalized spacial score (nSPS) is 10.3. The van der Waals surface area contributed by atoms with Crippen LogP contribution in [0.4, 0.5) is 11.8 Å². The number of halogens is 1. The van der Waals surface area contributed by atoms with E-state index in [9.17, 15) is 0 Å². The Morgan fingerprint density at radius 3 is 2.75 bits per heavy atom. The van der Waals surface area contributed by atoms with Gasteiger partial charge in [-0.25, -0.2) is 4.98 Å². The van der Waals surface area contributed by atoms with Crippen LogP contribution >= 0.6 is 11.6 Å². The summed E-state index contributed by atoms with van der Waals surface area (Å²) in [4.78, 5) is 8.54. The molecule has 20 heavy (non-hydrogen) atoms. The van der Waals surface area contributed by atoms with Crippen molar-refractivity contribution in [3.63, 3.8) is 0 Å². The highest BCUT2D eigenvalue weighted by Crippen LogP contribution is 2.20. The van der Waals surface area contributed by atoms with E-state index in [1.54, 1.807) is 6.20 Å². The van der Waals surface area contributed by atoms with Gasteiger partial charge in [-0.2, -0.15) is 4.98 Å². The van der Waals surface area contributed by atoms with Crippen LogP contribution < -0.4 is 10.6 Å². The Hall–Kier alpha value is -1.81. The summed E-state index contributed by atoms with van der Waals surface area (Å²) >= 11 is 6.12. The zero-order valence-electron chi connectivity index (χ0n) is 11.8. The van der Waals surface area contributed by atoms with Crippen molar-refractivity contribution in [2.45, 2.75) is 26.8 Å². The molecule has 0 atom stereocenters. The molecule has 0 aliphatic heterocycles. The van der Waals surface area contributed by atoms with Crippen LogP contribution in [0, 0.1) is 6.92 Å². The minimum Gasteiger partial charge on any atom is -0.365 e. The van der Waals surface area contributed by atoms with Gasteiger partial charge in [0.2, 0.25) is 5.95 Å². The second-order valence-electron chi connectivity index (χ2n) is 4.60. The Bertz CT molecular complexity index is 572. The maximum atomic E-state index is 6.12. The standard InChI is InChI=1S/C15H19ClN4/c1-3-8-17-15-19-10-13(16)14(20-15)18-9-12-7-5-4-6-11(12)2/h4-7,10H,3,8-9H2,1-2H3,(H2,17,18,19,20). The Balaban J connectivity index is 2.07. The first-order chi connectivity index (χ1) is 9.70. The van der Waals surface area contributed by atoms with Crippen LogP contribution in [0.25, 0.3) is 0 Å². The third-order valence-electron chi connectivity index (χ3n) is 2.98. The molecule has 4 nitrogen and oxygen atoms in total. The molecule has 5 heteroatoms. The van der Waals surface area contributed by atoms with Crippen LogP contribution in [-0.4, -0.2) is 16.5 Å². The van der Waals surface area contributed by atoms with Gasteiger partial charge < -0.3 is 10.6 Å². The summed E-state index contributed by atoms with van der Waals surface area (Å²) in [6.45, 7) is 5.72. The van der Waals surface area contributed by atoms with E-state index in [1.165, 1.54) is 11.1 Å². The van der Waals surface area contributed by atoms with E-state index in [2.05, 4.69) is 46.6 Å². The largest absolute Gasteiger partial charge is 0.365 e. The molecular formula is C15H19ClN4. The topological polar surface area (TPSA) is 49.8 Å². The molecule has 0 fully saturated rings. The number of aryl methyl sites for hydroxylation is 1. The molecule has 0 unspecified atom stereocenters. The molecule has 106 valence electrons. The first kappa shape index (κ1) is 14.6. The van der Waals surface area contributed by atoms with Gasteiger partial charge in [0.05, 0.1) is 6.20 Å². The number of aromatic nitrogens is 2. The minimum atomic E-state index is 0.528. The number of benzene rings is 1. The molecule has 0 radical (unpaired) electrons. The second kappa shape index (κ2) is 7.10. The Morgan fingerprint density at radius 2 is 2.00 bits per heavy atom. The Labute approximate surface area is 124 Å². The molecule has 1 aromatic carbocycles. The molecule has 0 aliphatic carbocycles. The second-order valence-corrected chi connectivity index (χ2v) is 5.00. The average molecular weight is 291 g/mol. The smallest absolute Gasteiger partial charge is 0.224 e. The SMILES string of the molecule is CCCNc1ncc(Cl)c(NCc2ccccc2C)n1. The van der Waals surface area contributed by atoms with Gasteiger partial charge in [0.25, 0.3) is 0 Å². The van der Waals surface area contributed by atoms with Crippen LogP contribution in [0.2, 0.25) is 5.02 Å². The molecule has 1 aromatic heterocycles. The monoisotopic (exact) mass is 290 g/mol. The molecule has 0 bridgehead atoms. The molecule has 0 spiro atoms. The highest BCUT2D eigenvalue weighted by Gasteiger charge is 2.05. The highest BCUT2D eigenvalue weighted by atomic mass is 35.5. The number of anilines is 2.